The Balaban J connectivity index is 0.941. The second-order valence-corrected chi connectivity index (χ2v) is 16.6. The van der Waals surface area contributed by atoms with E-state index in [-0.39, 0.29) is 41.5 Å². The van der Waals surface area contributed by atoms with Crippen molar-refractivity contribution in [1.82, 2.24) is 30.4 Å². The summed E-state index contributed by atoms with van der Waals surface area (Å²) in [7, 11) is 0. The van der Waals surface area contributed by atoms with E-state index < -0.39 is 23.8 Å². The molecule has 3 fully saturated rings. The Kier molecular flexibility index (Phi) is 12.2. The molecule has 4 atom stereocenters. The van der Waals surface area contributed by atoms with Crippen LogP contribution in [0.5, 0.6) is 0 Å². The zero-order chi connectivity index (χ0) is 41.0. The van der Waals surface area contributed by atoms with Crippen molar-refractivity contribution in [2.45, 2.75) is 102 Å². The zero-order valence-corrected chi connectivity index (χ0v) is 33.7. The van der Waals surface area contributed by atoms with Gasteiger partial charge in [-0.05, 0) is 89.5 Å². The molecule has 0 radical (unpaired) electrons. The van der Waals surface area contributed by atoms with Gasteiger partial charge in [-0.3, -0.25) is 14.4 Å². The molecule has 4 amide bonds. The monoisotopic (exact) mass is 791 g/mol. The number of nitrogens with zero attached hydrogens (tertiary/aromatic N) is 4. The molecule has 13 heteroatoms. The number of halogens is 1. The number of carbonyl (C=O) groups excluding carboxylic acids is 4. The Bertz CT molecular complexity index is 2080. The third-order valence-electron chi connectivity index (χ3n) is 11.4. The van der Waals surface area contributed by atoms with Gasteiger partial charge in [0.25, 0.3) is 5.91 Å². The van der Waals surface area contributed by atoms with E-state index in [1.54, 1.807) is 62.2 Å². The molecule has 4 heterocycles. The number of alkyl carbamates (subject to hydrolysis) is 1. The van der Waals surface area contributed by atoms with Crippen LogP contribution in [0, 0.1) is 5.82 Å². The van der Waals surface area contributed by atoms with Crippen molar-refractivity contribution in [3.63, 3.8) is 0 Å². The molecule has 0 spiro atoms. The number of hydrogen-bond donors (Lipinski definition) is 3. The number of imidazole rings is 1. The second-order valence-electron chi connectivity index (χ2n) is 16.6. The van der Waals surface area contributed by atoms with E-state index >= 15 is 4.39 Å². The van der Waals surface area contributed by atoms with Crippen LogP contribution in [0.2, 0.25) is 0 Å². The molecule has 0 bridgehead atoms. The number of aromatic nitrogens is 2. The van der Waals surface area contributed by atoms with Crippen molar-refractivity contribution in [2.24, 2.45) is 0 Å². The summed E-state index contributed by atoms with van der Waals surface area (Å²) in [5, 5.41) is 5.90. The van der Waals surface area contributed by atoms with Crippen LogP contribution in [0.15, 0.2) is 85.1 Å². The topological polar surface area (TPSA) is 140 Å². The van der Waals surface area contributed by atoms with Crippen LogP contribution < -0.4 is 15.5 Å². The van der Waals surface area contributed by atoms with Gasteiger partial charge in [-0.15, -0.1) is 0 Å². The van der Waals surface area contributed by atoms with E-state index in [0.717, 1.165) is 18.4 Å². The van der Waals surface area contributed by atoms with Crippen molar-refractivity contribution < 1.29 is 28.3 Å². The second kappa shape index (κ2) is 17.4. The van der Waals surface area contributed by atoms with E-state index in [1.807, 2.05) is 59.2 Å². The van der Waals surface area contributed by atoms with Gasteiger partial charge in [0.15, 0.2) is 0 Å². The fourth-order valence-corrected chi connectivity index (χ4v) is 8.42. The van der Waals surface area contributed by atoms with Crippen molar-refractivity contribution >= 4 is 29.5 Å². The van der Waals surface area contributed by atoms with Gasteiger partial charge in [-0.1, -0.05) is 66.7 Å². The minimum atomic E-state index is -1.01. The molecule has 12 nitrogen and oxygen atoms in total. The molecule has 3 aromatic carbocycles. The molecule has 0 aliphatic carbocycles. The molecule has 58 heavy (non-hydrogen) atoms. The summed E-state index contributed by atoms with van der Waals surface area (Å²) in [5.74, 6) is -0.422. The zero-order valence-electron chi connectivity index (χ0n) is 33.7. The van der Waals surface area contributed by atoms with Crippen LogP contribution in [0.4, 0.5) is 14.9 Å². The summed E-state index contributed by atoms with van der Waals surface area (Å²) < 4.78 is 21.2. The third kappa shape index (κ3) is 9.19. The number of H-pyrrole nitrogens is 1. The first-order valence-electron chi connectivity index (χ1n) is 20.5. The van der Waals surface area contributed by atoms with Crippen LogP contribution in [-0.4, -0.2) is 87.4 Å². The lowest BCUT2D eigenvalue weighted by Crippen LogP contribution is -2.53. The van der Waals surface area contributed by atoms with E-state index in [1.165, 1.54) is 6.07 Å². The van der Waals surface area contributed by atoms with Gasteiger partial charge >= 0.3 is 6.09 Å². The van der Waals surface area contributed by atoms with Gasteiger partial charge < -0.3 is 35.1 Å². The molecule has 3 aliphatic heterocycles. The Morgan fingerprint density at radius 3 is 2.16 bits per heavy atom. The van der Waals surface area contributed by atoms with E-state index in [0.29, 0.717) is 80.2 Å². The number of hydrogen-bond acceptors (Lipinski definition) is 7. The summed E-state index contributed by atoms with van der Waals surface area (Å²) in [5.41, 5.74) is 2.69. The van der Waals surface area contributed by atoms with Gasteiger partial charge in [0, 0.05) is 37.8 Å². The number of carbonyl (C=O) groups is 4. The maximum atomic E-state index is 15.8. The molecule has 3 saturated heterocycles. The molecular weight excluding hydrogens is 738 g/mol. The first-order valence-corrected chi connectivity index (χ1v) is 20.5. The highest BCUT2D eigenvalue weighted by molar-refractivity contribution is 5.92. The molecule has 0 unspecified atom stereocenters. The summed E-state index contributed by atoms with van der Waals surface area (Å²) in [6.07, 6.45) is 5.11. The van der Waals surface area contributed by atoms with E-state index in [4.69, 9.17) is 4.74 Å². The van der Waals surface area contributed by atoms with Crippen LogP contribution >= 0.6 is 0 Å². The molecule has 1 aromatic heterocycles. The van der Waals surface area contributed by atoms with Crippen LogP contribution in [-0.2, 0) is 19.1 Å². The highest BCUT2D eigenvalue weighted by atomic mass is 19.1. The predicted octanol–water partition coefficient (Wildman–Crippen LogP) is 7.03. The Labute approximate surface area is 339 Å². The molecule has 4 aromatic rings. The number of nitrogens with one attached hydrogen (secondary N) is 3. The van der Waals surface area contributed by atoms with Crippen LogP contribution in [0.3, 0.4) is 0 Å². The van der Waals surface area contributed by atoms with Crippen molar-refractivity contribution in [3.05, 3.63) is 108 Å². The summed E-state index contributed by atoms with van der Waals surface area (Å²) in [6.45, 7) is 9.37. The number of benzene rings is 3. The van der Waals surface area contributed by atoms with Crippen LogP contribution in [0.1, 0.15) is 101 Å². The van der Waals surface area contributed by atoms with Gasteiger partial charge in [0.2, 0.25) is 11.8 Å². The number of likely N-dealkylation sites (tertiary alicyclic amines) is 2. The smallest absolute Gasteiger partial charge is 0.408 e. The van der Waals surface area contributed by atoms with Gasteiger partial charge in [0.05, 0.1) is 29.5 Å². The average molecular weight is 792 g/mol. The minimum absolute atomic E-state index is 0.0719. The molecule has 3 aliphatic rings. The quantitative estimate of drug-likeness (QED) is 0.157. The van der Waals surface area contributed by atoms with Gasteiger partial charge in [-0.25, -0.2) is 14.2 Å². The minimum Gasteiger partial charge on any atom is -0.444 e. The number of amides is 4. The van der Waals surface area contributed by atoms with Gasteiger partial charge in [0.1, 0.15) is 29.3 Å². The highest BCUT2D eigenvalue weighted by Gasteiger charge is 2.40. The Morgan fingerprint density at radius 2 is 1.48 bits per heavy atom. The average Bonchev–Trinajstić information content (AvgIpc) is 4.01. The lowest BCUT2D eigenvalue weighted by molar-refractivity contribution is -0.140. The summed E-state index contributed by atoms with van der Waals surface area (Å²) in [6, 6.07) is 22.0. The van der Waals surface area contributed by atoms with E-state index in [2.05, 4.69) is 20.6 Å². The van der Waals surface area contributed by atoms with Gasteiger partial charge in [-0.2, -0.15) is 0 Å². The lowest BCUT2D eigenvalue weighted by atomic mass is 9.99. The molecule has 7 rings (SSSR count). The van der Waals surface area contributed by atoms with Crippen molar-refractivity contribution in [3.8, 4) is 11.3 Å². The maximum Gasteiger partial charge on any atom is 0.408 e. The van der Waals surface area contributed by atoms with Crippen molar-refractivity contribution in [2.75, 3.05) is 31.1 Å². The SMILES string of the molecule is C[C@@H](C(=O)N1CCC[C@H]1c1ncc(-c2ccc(N3CCC(NC(=O)[C@@H]4CCCN4C(=O)[C@H](NC(=O)OC(C)(C)C)c4ccccc4)CC3)c(F)c2)[nH]1)c1ccccc1. The standard InChI is InChI=1S/C45H54FN7O5/c1-29(30-13-7-5-8-14-30)42(55)52-23-11-17-37(52)40-47-28-35(49-40)32-19-20-36(34(46)27-32)51-25-21-33(22-26-51)48-41(54)38-18-12-24-53(38)43(56)39(31-15-9-6-10-16-31)50-44(57)58-45(2,3)4/h5-10,13-16,19-20,27-29,33,37-39H,11-12,17-18,21-26H2,1-4H3,(H,47,49)(H,48,54)(H,50,57)/t29-,37+,38+,39-/m1/s1. The highest BCUT2D eigenvalue weighted by Crippen LogP contribution is 2.35. The molecular formula is C45H54FN7O5. The number of piperidine rings is 1. The normalized spacial score (nSPS) is 19.8. The first kappa shape index (κ1) is 40.5. The maximum absolute atomic E-state index is 15.8. The molecule has 3 N–H and O–H groups in total. The lowest BCUT2D eigenvalue weighted by Gasteiger charge is -2.35. The summed E-state index contributed by atoms with van der Waals surface area (Å²) in [4.78, 5) is 67.4. The number of aromatic amines is 1. The van der Waals surface area contributed by atoms with E-state index in [9.17, 15) is 19.2 Å². The van der Waals surface area contributed by atoms with Crippen LogP contribution in [0.25, 0.3) is 11.3 Å². The number of ether oxygens (including phenoxy) is 1. The first-order chi connectivity index (χ1) is 27.9. The number of anilines is 1. The fraction of sp³-hybridized carbons (Fsp3) is 0.444. The van der Waals surface area contributed by atoms with Crippen molar-refractivity contribution in [1.29, 1.82) is 0 Å². The Morgan fingerprint density at radius 1 is 0.828 bits per heavy atom. The largest absolute Gasteiger partial charge is 0.444 e. The molecule has 0 saturated carbocycles. The molecule has 306 valence electrons. The summed E-state index contributed by atoms with van der Waals surface area (Å²) >= 11 is 0. The predicted molar refractivity (Wildman–Crippen MR) is 219 cm³/mol. The number of rotatable bonds is 10. The Hall–Kier alpha value is -5.72. The fourth-order valence-electron chi connectivity index (χ4n) is 8.42. The third-order valence-corrected chi connectivity index (χ3v) is 11.4.